The van der Waals surface area contributed by atoms with E-state index in [0.717, 1.165) is 12.8 Å². The van der Waals surface area contributed by atoms with E-state index in [4.69, 9.17) is 10.00 Å². The molecule has 0 aliphatic carbocycles. The largest absolute Gasteiger partial charge is 0.447 e. The number of amides is 1. The van der Waals surface area contributed by atoms with E-state index < -0.39 is 0 Å². The molecule has 1 heterocycles. The Kier molecular flexibility index (Phi) is 3.13. The van der Waals surface area contributed by atoms with E-state index in [-0.39, 0.29) is 18.2 Å². The fourth-order valence-electron chi connectivity index (χ4n) is 1.39. The molecule has 0 aromatic carbocycles. The van der Waals surface area contributed by atoms with Crippen LogP contribution >= 0.6 is 0 Å². The molecule has 1 saturated heterocycles. The Morgan fingerprint density at radius 2 is 2.38 bits per heavy atom. The van der Waals surface area contributed by atoms with Gasteiger partial charge in [0.2, 0.25) is 0 Å². The molecule has 72 valence electrons. The van der Waals surface area contributed by atoms with Gasteiger partial charge in [-0.2, -0.15) is 5.26 Å². The van der Waals surface area contributed by atoms with Crippen molar-refractivity contribution < 1.29 is 9.53 Å². The van der Waals surface area contributed by atoms with Crippen LogP contribution in [0.25, 0.3) is 0 Å². The lowest BCUT2D eigenvalue weighted by Gasteiger charge is -2.20. The van der Waals surface area contributed by atoms with Gasteiger partial charge in [0.15, 0.2) is 0 Å². The zero-order valence-electron chi connectivity index (χ0n) is 7.99. The molecule has 4 heteroatoms. The predicted octanol–water partition coefficient (Wildman–Crippen LogP) is 1.52. The number of nitrogens with zero attached hydrogens (tertiary/aromatic N) is 2. The molecule has 13 heavy (non-hydrogen) atoms. The SMILES string of the molecule is CC(C)OC(=O)N1CCCC1C#N. The Balaban J connectivity index is 2.51. The Morgan fingerprint density at radius 3 is 2.92 bits per heavy atom. The lowest BCUT2D eigenvalue weighted by atomic mass is 10.2. The van der Waals surface area contributed by atoms with Crippen LogP contribution in [0.2, 0.25) is 0 Å². The Bertz CT molecular complexity index is 232. The summed E-state index contributed by atoms with van der Waals surface area (Å²) in [6.07, 6.45) is 1.18. The van der Waals surface area contributed by atoms with Gasteiger partial charge in [-0.3, -0.25) is 4.90 Å². The van der Waals surface area contributed by atoms with Crippen LogP contribution in [-0.4, -0.2) is 29.7 Å². The van der Waals surface area contributed by atoms with Crippen LogP contribution in [0.4, 0.5) is 4.79 Å². The molecule has 1 fully saturated rings. The zero-order chi connectivity index (χ0) is 9.84. The summed E-state index contributed by atoms with van der Waals surface area (Å²) in [5, 5.41) is 8.72. The van der Waals surface area contributed by atoms with Crippen LogP contribution in [0.3, 0.4) is 0 Å². The van der Waals surface area contributed by atoms with E-state index in [1.54, 1.807) is 13.8 Å². The average Bonchev–Trinajstić information content (AvgIpc) is 2.49. The maximum absolute atomic E-state index is 11.4. The average molecular weight is 182 g/mol. The monoisotopic (exact) mass is 182 g/mol. The normalized spacial score (nSPS) is 21.7. The van der Waals surface area contributed by atoms with Crippen LogP contribution in [0, 0.1) is 11.3 Å². The Morgan fingerprint density at radius 1 is 1.69 bits per heavy atom. The number of carbonyl (C=O) groups excluding carboxylic acids is 1. The first kappa shape index (κ1) is 9.85. The highest BCUT2D eigenvalue weighted by Crippen LogP contribution is 2.17. The Labute approximate surface area is 78.1 Å². The van der Waals surface area contributed by atoms with Gasteiger partial charge in [0.25, 0.3) is 0 Å². The summed E-state index contributed by atoms with van der Waals surface area (Å²) in [7, 11) is 0. The summed E-state index contributed by atoms with van der Waals surface area (Å²) in [4.78, 5) is 12.9. The third kappa shape index (κ3) is 2.35. The number of likely N-dealkylation sites (tertiary alicyclic amines) is 1. The summed E-state index contributed by atoms with van der Waals surface area (Å²) in [5.41, 5.74) is 0. The Hall–Kier alpha value is -1.24. The van der Waals surface area contributed by atoms with Gasteiger partial charge in [-0.15, -0.1) is 0 Å². The van der Waals surface area contributed by atoms with Gasteiger partial charge < -0.3 is 4.74 Å². The minimum atomic E-state index is -0.362. The molecular formula is C9H14N2O2. The minimum Gasteiger partial charge on any atom is -0.447 e. The van der Waals surface area contributed by atoms with Crippen LogP contribution in [0.5, 0.6) is 0 Å². The molecule has 1 rings (SSSR count). The van der Waals surface area contributed by atoms with E-state index in [1.807, 2.05) is 0 Å². The molecule has 1 unspecified atom stereocenters. The van der Waals surface area contributed by atoms with Crippen molar-refractivity contribution in [3.8, 4) is 6.07 Å². The molecule has 1 amide bonds. The zero-order valence-corrected chi connectivity index (χ0v) is 7.99. The van der Waals surface area contributed by atoms with Gasteiger partial charge in [-0.1, -0.05) is 0 Å². The maximum Gasteiger partial charge on any atom is 0.411 e. The second kappa shape index (κ2) is 4.13. The number of carbonyl (C=O) groups is 1. The fourth-order valence-corrected chi connectivity index (χ4v) is 1.39. The molecular weight excluding hydrogens is 168 g/mol. The van der Waals surface area contributed by atoms with Crippen molar-refractivity contribution in [2.75, 3.05) is 6.54 Å². The molecule has 0 bridgehead atoms. The predicted molar refractivity (Wildman–Crippen MR) is 47.0 cm³/mol. The number of hydrogen-bond donors (Lipinski definition) is 0. The highest BCUT2D eigenvalue weighted by molar-refractivity contribution is 5.69. The van der Waals surface area contributed by atoms with Crippen LogP contribution in [-0.2, 0) is 4.74 Å². The lowest BCUT2D eigenvalue weighted by molar-refractivity contribution is 0.0784. The van der Waals surface area contributed by atoms with Gasteiger partial charge in [0.05, 0.1) is 12.2 Å². The van der Waals surface area contributed by atoms with Gasteiger partial charge in [-0.25, -0.2) is 4.79 Å². The molecule has 0 aromatic heterocycles. The molecule has 0 spiro atoms. The highest BCUT2D eigenvalue weighted by Gasteiger charge is 2.29. The minimum absolute atomic E-state index is 0.118. The fraction of sp³-hybridized carbons (Fsp3) is 0.778. The maximum atomic E-state index is 11.4. The van der Waals surface area contributed by atoms with Crippen molar-refractivity contribution >= 4 is 6.09 Å². The van der Waals surface area contributed by atoms with Gasteiger partial charge in [-0.05, 0) is 26.7 Å². The first-order chi connectivity index (χ1) is 6.15. The highest BCUT2D eigenvalue weighted by atomic mass is 16.6. The molecule has 0 N–H and O–H groups in total. The first-order valence-corrected chi connectivity index (χ1v) is 4.52. The third-order valence-corrected chi connectivity index (χ3v) is 1.97. The van der Waals surface area contributed by atoms with Gasteiger partial charge >= 0.3 is 6.09 Å². The summed E-state index contributed by atoms with van der Waals surface area (Å²) in [6.45, 7) is 4.24. The van der Waals surface area contributed by atoms with Gasteiger partial charge in [0.1, 0.15) is 6.04 Å². The van der Waals surface area contributed by atoms with Crippen LogP contribution in [0.1, 0.15) is 26.7 Å². The molecule has 0 saturated carbocycles. The van der Waals surface area contributed by atoms with Crippen molar-refractivity contribution in [3.05, 3.63) is 0 Å². The molecule has 4 nitrogen and oxygen atoms in total. The molecule has 1 aliphatic rings. The number of hydrogen-bond acceptors (Lipinski definition) is 3. The van der Waals surface area contributed by atoms with Gasteiger partial charge in [0, 0.05) is 6.54 Å². The summed E-state index contributed by atoms with van der Waals surface area (Å²) < 4.78 is 5.00. The molecule has 1 aliphatic heterocycles. The second-order valence-corrected chi connectivity index (χ2v) is 3.41. The van der Waals surface area contributed by atoms with Crippen molar-refractivity contribution in [1.29, 1.82) is 5.26 Å². The van der Waals surface area contributed by atoms with E-state index in [1.165, 1.54) is 4.90 Å². The number of rotatable bonds is 1. The van der Waals surface area contributed by atoms with E-state index in [2.05, 4.69) is 6.07 Å². The van der Waals surface area contributed by atoms with Crippen molar-refractivity contribution in [2.45, 2.75) is 38.8 Å². The summed E-state index contributed by atoms with van der Waals surface area (Å²) >= 11 is 0. The third-order valence-electron chi connectivity index (χ3n) is 1.97. The molecule has 0 radical (unpaired) electrons. The summed E-state index contributed by atoms with van der Waals surface area (Å²) in [5.74, 6) is 0. The van der Waals surface area contributed by atoms with E-state index >= 15 is 0 Å². The van der Waals surface area contributed by atoms with E-state index in [0.29, 0.717) is 6.54 Å². The van der Waals surface area contributed by atoms with Crippen molar-refractivity contribution in [2.24, 2.45) is 0 Å². The molecule has 0 aromatic rings. The quantitative estimate of drug-likeness (QED) is 0.617. The number of ether oxygens (including phenoxy) is 1. The lowest BCUT2D eigenvalue weighted by Crippen LogP contribution is -2.36. The van der Waals surface area contributed by atoms with E-state index in [9.17, 15) is 4.79 Å². The molecule has 1 atom stereocenters. The topological polar surface area (TPSA) is 53.3 Å². The van der Waals surface area contributed by atoms with Crippen molar-refractivity contribution in [3.63, 3.8) is 0 Å². The van der Waals surface area contributed by atoms with Crippen LogP contribution < -0.4 is 0 Å². The standard InChI is InChI=1S/C9H14N2O2/c1-7(2)13-9(12)11-5-3-4-8(11)6-10/h7-8H,3-5H2,1-2H3. The van der Waals surface area contributed by atoms with Crippen molar-refractivity contribution in [1.82, 2.24) is 4.90 Å². The van der Waals surface area contributed by atoms with Crippen LogP contribution in [0.15, 0.2) is 0 Å². The first-order valence-electron chi connectivity index (χ1n) is 4.52. The number of nitriles is 1. The second-order valence-electron chi connectivity index (χ2n) is 3.41. The summed E-state index contributed by atoms with van der Waals surface area (Å²) in [6, 6.07) is 1.81. The smallest absolute Gasteiger partial charge is 0.411 e.